The molecular formula is C20H20FN3O. The van der Waals surface area contributed by atoms with Gasteiger partial charge in [0.15, 0.2) is 0 Å². The van der Waals surface area contributed by atoms with E-state index >= 15 is 0 Å². The van der Waals surface area contributed by atoms with E-state index in [-0.39, 0.29) is 23.6 Å². The monoisotopic (exact) mass is 337 g/mol. The van der Waals surface area contributed by atoms with Crippen molar-refractivity contribution in [1.29, 1.82) is 0 Å². The summed E-state index contributed by atoms with van der Waals surface area (Å²) in [5, 5.41) is 0.718. The Morgan fingerprint density at radius 3 is 2.52 bits per heavy atom. The fraction of sp³-hybridized carbons (Fsp3) is 0.250. The van der Waals surface area contributed by atoms with Gasteiger partial charge in [0, 0.05) is 24.0 Å². The van der Waals surface area contributed by atoms with E-state index < -0.39 is 0 Å². The molecule has 0 aliphatic carbocycles. The molecule has 1 unspecified atom stereocenters. The maximum absolute atomic E-state index is 14.3. The van der Waals surface area contributed by atoms with Gasteiger partial charge in [0.2, 0.25) is 5.82 Å². The highest BCUT2D eigenvalue weighted by molar-refractivity contribution is 5.98. The number of nitrogens with zero attached hydrogens (tertiary/aromatic N) is 3. The van der Waals surface area contributed by atoms with Gasteiger partial charge in [-0.1, -0.05) is 37.3 Å². The Morgan fingerprint density at radius 2 is 1.80 bits per heavy atom. The molecule has 5 heteroatoms. The highest BCUT2D eigenvalue weighted by Crippen LogP contribution is 2.28. The first-order valence-electron chi connectivity index (χ1n) is 8.31. The van der Waals surface area contributed by atoms with E-state index in [0.29, 0.717) is 16.8 Å². The van der Waals surface area contributed by atoms with Crippen molar-refractivity contribution >= 4 is 16.8 Å². The van der Waals surface area contributed by atoms with Crippen molar-refractivity contribution < 1.29 is 9.18 Å². The van der Waals surface area contributed by atoms with Crippen LogP contribution in [0, 0.1) is 5.82 Å². The van der Waals surface area contributed by atoms with Crippen LogP contribution in [0.25, 0.3) is 22.2 Å². The van der Waals surface area contributed by atoms with Crippen molar-refractivity contribution in [1.82, 2.24) is 14.9 Å². The molecule has 1 aromatic heterocycles. The molecule has 0 saturated heterocycles. The van der Waals surface area contributed by atoms with E-state index in [9.17, 15) is 9.18 Å². The number of carbonyl (C=O) groups excluding carboxylic acids is 1. The van der Waals surface area contributed by atoms with Crippen LogP contribution >= 0.6 is 0 Å². The molecule has 1 amide bonds. The second-order valence-corrected chi connectivity index (χ2v) is 6.07. The van der Waals surface area contributed by atoms with Crippen LogP contribution in [-0.2, 0) is 0 Å². The highest BCUT2D eigenvalue weighted by Gasteiger charge is 2.21. The van der Waals surface area contributed by atoms with Crippen LogP contribution in [-0.4, -0.2) is 33.9 Å². The largest absolute Gasteiger partial charge is 0.336 e. The third-order valence-corrected chi connectivity index (χ3v) is 4.50. The first-order valence-corrected chi connectivity index (χ1v) is 8.31. The second kappa shape index (κ2) is 6.97. The second-order valence-electron chi connectivity index (χ2n) is 6.07. The van der Waals surface area contributed by atoms with Gasteiger partial charge in [0.1, 0.15) is 5.82 Å². The summed E-state index contributed by atoms with van der Waals surface area (Å²) in [6.45, 7) is 3.98. The molecule has 1 heterocycles. The third kappa shape index (κ3) is 3.22. The number of hydrogen-bond acceptors (Lipinski definition) is 3. The summed E-state index contributed by atoms with van der Waals surface area (Å²) in [6.07, 6.45) is 0.829. The van der Waals surface area contributed by atoms with Gasteiger partial charge in [-0.25, -0.2) is 14.4 Å². The maximum Gasteiger partial charge on any atom is 0.291 e. The van der Waals surface area contributed by atoms with E-state index in [1.165, 1.54) is 6.07 Å². The lowest BCUT2D eigenvalue weighted by atomic mass is 10.1. The van der Waals surface area contributed by atoms with Gasteiger partial charge in [-0.2, -0.15) is 0 Å². The van der Waals surface area contributed by atoms with Gasteiger partial charge >= 0.3 is 0 Å². The van der Waals surface area contributed by atoms with Gasteiger partial charge in [0.25, 0.3) is 5.91 Å². The third-order valence-electron chi connectivity index (χ3n) is 4.50. The summed E-state index contributed by atoms with van der Waals surface area (Å²) in [7, 11) is 1.73. The predicted molar refractivity (Wildman–Crippen MR) is 96.8 cm³/mol. The molecule has 0 radical (unpaired) electrons. The fourth-order valence-electron chi connectivity index (χ4n) is 2.66. The topological polar surface area (TPSA) is 46.1 Å². The number of aromatic nitrogens is 2. The minimum Gasteiger partial charge on any atom is -0.336 e. The van der Waals surface area contributed by atoms with Crippen molar-refractivity contribution in [3.05, 3.63) is 60.2 Å². The lowest BCUT2D eigenvalue weighted by molar-refractivity contribution is 0.0728. The Hall–Kier alpha value is -2.82. The van der Waals surface area contributed by atoms with Gasteiger partial charge in [0.05, 0.1) is 11.2 Å². The summed E-state index contributed by atoms with van der Waals surface area (Å²) >= 11 is 0. The van der Waals surface area contributed by atoms with E-state index in [0.717, 1.165) is 11.8 Å². The Kier molecular flexibility index (Phi) is 4.74. The first kappa shape index (κ1) is 17.0. The zero-order valence-electron chi connectivity index (χ0n) is 14.5. The van der Waals surface area contributed by atoms with Crippen LogP contribution in [0.4, 0.5) is 4.39 Å². The summed E-state index contributed by atoms with van der Waals surface area (Å²) in [4.78, 5) is 23.2. The number of para-hydroxylation sites is 1. The number of hydrogen-bond donors (Lipinski definition) is 0. The molecular weight excluding hydrogens is 317 g/mol. The molecule has 0 saturated carbocycles. The summed E-state index contributed by atoms with van der Waals surface area (Å²) < 4.78 is 14.3. The molecule has 0 bridgehead atoms. The van der Waals surface area contributed by atoms with Gasteiger partial charge in [-0.15, -0.1) is 0 Å². The Balaban J connectivity index is 2.20. The molecule has 3 rings (SSSR count). The number of benzene rings is 2. The fourth-order valence-corrected chi connectivity index (χ4v) is 2.66. The maximum atomic E-state index is 14.3. The molecule has 2 aromatic carbocycles. The lowest BCUT2D eigenvalue weighted by Gasteiger charge is -2.23. The van der Waals surface area contributed by atoms with Crippen LogP contribution in [0.15, 0.2) is 48.5 Å². The molecule has 0 fully saturated rings. The SMILES string of the molecule is CCC(C)N(C)C(=O)c1nc(-c2ccccc2F)c2ccccc2n1. The van der Waals surface area contributed by atoms with Crippen molar-refractivity contribution in [2.45, 2.75) is 26.3 Å². The Labute approximate surface area is 146 Å². The van der Waals surface area contributed by atoms with Crippen LogP contribution in [0.5, 0.6) is 0 Å². The standard InChI is InChI=1S/C20H20FN3O/c1-4-13(2)24(3)20(25)19-22-17-12-8-6-10-15(17)18(23-19)14-9-5-7-11-16(14)21/h5-13H,4H2,1-3H3. The number of fused-ring (bicyclic) bond motifs is 1. The van der Waals surface area contributed by atoms with Gasteiger partial charge < -0.3 is 4.90 Å². The van der Waals surface area contributed by atoms with Crippen molar-refractivity contribution in [2.24, 2.45) is 0 Å². The lowest BCUT2D eigenvalue weighted by Crippen LogP contribution is -2.35. The normalized spacial score (nSPS) is 12.2. The van der Waals surface area contributed by atoms with Crippen LogP contribution in [0.1, 0.15) is 30.9 Å². The number of carbonyl (C=O) groups is 1. The molecule has 0 aliphatic heterocycles. The van der Waals surface area contributed by atoms with Gasteiger partial charge in [-0.05, 0) is 31.5 Å². The zero-order valence-corrected chi connectivity index (χ0v) is 14.5. The summed E-state index contributed by atoms with van der Waals surface area (Å²) in [5.41, 5.74) is 1.42. The number of amides is 1. The van der Waals surface area contributed by atoms with E-state index in [4.69, 9.17) is 0 Å². The molecule has 0 N–H and O–H groups in total. The molecule has 0 aliphatic rings. The highest BCUT2D eigenvalue weighted by atomic mass is 19.1. The Bertz CT molecular complexity index is 926. The molecule has 25 heavy (non-hydrogen) atoms. The average molecular weight is 337 g/mol. The molecule has 128 valence electrons. The van der Waals surface area contributed by atoms with E-state index in [1.54, 1.807) is 36.2 Å². The molecule has 3 aromatic rings. The zero-order chi connectivity index (χ0) is 18.0. The van der Waals surface area contributed by atoms with E-state index in [1.807, 2.05) is 32.0 Å². The number of rotatable bonds is 4. The van der Waals surface area contributed by atoms with Crippen molar-refractivity contribution in [2.75, 3.05) is 7.05 Å². The minimum absolute atomic E-state index is 0.0690. The average Bonchev–Trinajstić information content (AvgIpc) is 2.65. The Morgan fingerprint density at radius 1 is 1.12 bits per heavy atom. The molecule has 4 nitrogen and oxygen atoms in total. The van der Waals surface area contributed by atoms with Crippen LogP contribution < -0.4 is 0 Å². The smallest absolute Gasteiger partial charge is 0.291 e. The van der Waals surface area contributed by atoms with Crippen LogP contribution in [0.2, 0.25) is 0 Å². The minimum atomic E-state index is -0.375. The molecule has 1 atom stereocenters. The van der Waals surface area contributed by atoms with E-state index in [2.05, 4.69) is 9.97 Å². The summed E-state index contributed by atoms with van der Waals surface area (Å²) in [5.74, 6) is -0.558. The van der Waals surface area contributed by atoms with Gasteiger partial charge in [-0.3, -0.25) is 4.79 Å². The quantitative estimate of drug-likeness (QED) is 0.713. The predicted octanol–water partition coefficient (Wildman–Crippen LogP) is 4.31. The first-order chi connectivity index (χ1) is 12.0. The van der Waals surface area contributed by atoms with Crippen molar-refractivity contribution in [3.63, 3.8) is 0 Å². The van der Waals surface area contributed by atoms with Crippen molar-refractivity contribution in [3.8, 4) is 11.3 Å². The molecule has 0 spiro atoms. The summed E-state index contributed by atoms with van der Waals surface area (Å²) in [6, 6.07) is 13.8. The number of halogens is 1. The van der Waals surface area contributed by atoms with Crippen LogP contribution in [0.3, 0.4) is 0 Å².